The topological polar surface area (TPSA) is 92.7 Å². The Morgan fingerprint density at radius 2 is 1.30 bits per heavy atom. The minimum atomic E-state index is -0.998. The van der Waals surface area contributed by atoms with E-state index in [9.17, 15) is 19.5 Å². The van der Waals surface area contributed by atoms with Gasteiger partial charge in [-0.05, 0) is 73.5 Å². The number of amides is 1. The normalized spacial score (nSPS) is 11.4. The standard InChI is InChI=1S/C24H21NO5/c1-15(26)17-7-11-21(12-8-17)25-23(28)16(2)30-24(29)20-5-3-18(4-6-20)19-9-13-22(27)14-10-19/h3-14,16,27H,1-2H3,(H,25,28)/t16-/m0/s1. The summed E-state index contributed by atoms with van der Waals surface area (Å²) in [7, 11) is 0. The number of anilines is 1. The number of hydrogen-bond acceptors (Lipinski definition) is 5. The van der Waals surface area contributed by atoms with Crippen molar-refractivity contribution in [3.63, 3.8) is 0 Å². The zero-order chi connectivity index (χ0) is 21.7. The van der Waals surface area contributed by atoms with Gasteiger partial charge in [-0.1, -0.05) is 24.3 Å². The van der Waals surface area contributed by atoms with E-state index < -0.39 is 18.0 Å². The minimum Gasteiger partial charge on any atom is -0.508 e. The number of hydrogen-bond donors (Lipinski definition) is 2. The van der Waals surface area contributed by atoms with Crippen molar-refractivity contribution in [3.05, 3.63) is 83.9 Å². The molecular formula is C24H21NO5. The molecule has 3 aromatic rings. The molecule has 0 aliphatic rings. The molecule has 152 valence electrons. The molecule has 1 amide bonds. The summed E-state index contributed by atoms with van der Waals surface area (Å²) < 4.78 is 5.26. The van der Waals surface area contributed by atoms with Crippen LogP contribution in [-0.4, -0.2) is 28.9 Å². The van der Waals surface area contributed by atoms with Crippen LogP contribution in [0.4, 0.5) is 5.69 Å². The highest BCUT2D eigenvalue weighted by Crippen LogP contribution is 2.22. The summed E-state index contributed by atoms with van der Waals surface area (Å²) in [4.78, 5) is 35.9. The van der Waals surface area contributed by atoms with Crippen LogP contribution in [0.1, 0.15) is 34.6 Å². The van der Waals surface area contributed by atoms with Crippen LogP contribution in [0.3, 0.4) is 0 Å². The van der Waals surface area contributed by atoms with Crippen molar-refractivity contribution in [2.45, 2.75) is 20.0 Å². The molecule has 0 bridgehead atoms. The number of phenolic OH excluding ortho intramolecular Hbond substituents is 1. The molecule has 0 aliphatic heterocycles. The first kappa shape index (κ1) is 20.8. The van der Waals surface area contributed by atoms with Gasteiger partial charge in [0.15, 0.2) is 11.9 Å². The van der Waals surface area contributed by atoms with Gasteiger partial charge in [-0.3, -0.25) is 9.59 Å². The monoisotopic (exact) mass is 403 g/mol. The van der Waals surface area contributed by atoms with Gasteiger partial charge >= 0.3 is 5.97 Å². The fraction of sp³-hybridized carbons (Fsp3) is 0.125. The largest absolute Gasteiger partial charge is 0.508 e. The number of aromatic hydroxyl groups is 1. The lowest BCUT2D eigenvalue weighted by molar-refractivity contribution is -0.123. The third kappa shape index (κ3) is 5.11. The van der Waals surface area contributed by atoms with Gasteiger partial charge in [0.05, 0.1) is 5.56 Å². The maximum atomic E-state index is 12.4. The van der Waals surface area contributed by atoms with Gasteiger partial charge in [-0.25, -0.2) is 4.79 Å². The summed E-state index contributed by atoms with van der Waals surface area (Å²) in [5.41, 5.74) is 3.15. The lowest BCUT2D eigenvalue weighted by atomic mass is 10.0. The number of esters is 1. The van der Waals surface area contributed by atoms with E-state index in [0.29, 0.717) is 16.8 Å². The Morgan fingerprint density at radius 3 is 1.83 bits per heavy atom. The molecule has 0 spiro atoms. The number of ether oxygens (including phenoxy) is 1. The Morgan fingerprint density at radius 1 is 0.800 bits per heavy atom. The summed E-state index contributed by atoms with van der Waals surface area (Å²) in [6, 6.07) is 20.0. The number of nitrogens with one attached hydrogen (secondary N) is 1. The number of carbonyl (C=O) groups is 3. The van der Waals surface area contributed by atoms with Crippen LogP contribution in [0, 0.1) is 0 Å². The van der Waals surface area contributed by atoms with Gasteiger partial charge in [0.2, 0.25) is 0 Å². The van der Waals surface area contributed by atoms with Gasteiger partial charge in [0.25, 0.3) is 5.91 Å². The highest BCUT2D eigenvalue weighted by atomic mass is 16.5. The van der Waals surface area contributed by atoms with Gasteiger partial charge in [-0.15, -0.1) is 0 Å². The summed E-state index contributed by atoms with van der Waals surface area (Å²) in [5.74, 6) is -0.964. The van der Waals surface area contributed by atoms with Gasteiger partial charge in [0.1, 0.15) is 5.75 Å². The van der Waals surface area contributed by atoms with Crippen LogP contribution in [-0.2, 0) is 9.53 Å². The quantitative estimate of drug-likeness (QED) is 0.469. The first-order chi connectivity index (χ1) is 14.3. The van der Waals surface area contributed by atoms with Crippen molar-refractivity contribution in [1.82, 2.24) is 0 Å². The highest BCUT2D eigenvalue weighted by molar-refractivity contribution is 5.98. The van der Waals surface area contributed by atoms with Crippen molar-refractivity contribution in [2.75, 3.05) is 5.32 Å². The first-order valence-corrected chi connectivity index (χ1v) is 9.36. The van der Waals surface area contributed by atoms with Crippen molar-refractivity contribution in [3.8, 4) is 16.9 Å². The number of rotatable bonds is 6. The van der Waals surface area contributed by atoms with Crippen LogP contribution in [0.15, 0.2) is 72.8 Å². The molecule has 0 fully saturated rings. The Bertz CT molecular complexity index is 1050. The first-order valence-electron chi connectivity index (χ1n) is 9.36. The predicted octanol–water partition coefficient (Wildman–Crippen LogP) is 4.45. The number of carbonyl (C=O) groups excluding carboxylic acids is 3. The second-order valence-corrected chi connectivity index (χ2v) is 6.79. The van der Waals surface area contributed by atoms with E-state index in [1.807, 2.05) is 0 Å². The van der Waals surface area contributed by atoms with Crippen molar-refractivity contribution < 1.29 is 24.2 Å². The minimum absolute atomic E-state index is 0.0633. The molecule has 0 saturated heterocycles. The summed E-state index contributed by atoms with van der Waals surface area (Å²) >= 11 is 0. The molecule has 1 atom stereocenters. The van der Waals surface area contributed by atoms with E-state index in [4.69, 9.17) is 4.74 Å². The van der Waals surface area contributed by atoms with Crippen LogP contribution in [0.25, 0.3) is 11.1 Å². The molecule has 0 saturated carbocycles. The maximum Gasteiger partial charge on any atom is 0.338 e. The van der Waals surface area contributed by atoms with E-state index in [1.54, 1.807) is 72.8 Å². The molecule has 0 unspecified atom stereocenters. The Kier molecular flexibility index (Phi) is 6.27. The van der Waals surface area contributed by atoms with E-state index in [0.717, 1.165) is 11.1 Å². The summed E-state index contributed by atoms with van der Waals surface area (Å²) in [6.07, 6.45) is -0.998. The molecule has 6 nitrogen and oxygen atoms in total. The Hall–Kier alpha value is -3.93. The predicted molar refractivity (Wildman–Crippen MR) is 113 cm³/mol. The highest BCUT2D eigenvalue weighted by Gasteiger charge is 2.19. The van der Waals surface area contributed by atoms with Crippen molar-refractivity contribution in [1.29, 1.82) is 0 Å². The second kappa shape index (κ2) is 9.05. The lowest BCUT2D eigenvalue weighted by Crippen LogP contribution is -2.30. The van der Waals surface area contributed by atoms with E-state index >= 15 is 0 Å². The lowest BCUT2D eigenvalue weighted by Gasteiger charge is -2.14. The van der Waals surface area contributed by atoms with Gasteiger partial charge in [-0.2, -0.15) is 0 Å². The molecular weight excluding hydrogens is 382 g/mol. The molecule has 3 aromatic carbocycles. The third-order valence-electron chi connectivity index (χ3n) is 4.53. The fourth-order valence-electron chi connectivity index (χ4n) is 2.77. The zero-order valence-electron chi connectivity index (χ0n) is 16.6. The van der Waals surface area contributed by atoms with E-state index in [-0.39, 0.29) is 11.5 Å². The number of Topliss-reactive ketones (excluding diaryl/α,β-unsaturated/α-hetero) is 1. The van der Waals surface area contributed by atoms with Crippen molar-refractivity contribution >= 4 is 23.3 Å². The van der Waals surface area contributed by atoms with Crippen LogP contribution >= 0.6 is 0 Å². The maximum absolute atomic E-state index is 12.4. The SMILES string of the molecule is CC(=O)c1ccc(NC(=O)[C@H](C)OC(=O)c2ccc(-c3ccc(O)cc3)cc2)cc1. The smallest absolute Gasteiger partial charge is 0.338 e. The average Bonchev–Trinajstić information content (AvgIpc) is 2.74. The van der Waals surface area contributed by atoms with Gasteiger partial charge < -0.3 is 15.2 Å². The molecule has 0 radical (unpaired) electrons. The second-order valence-electron chi connectivity index (χ2n) is 6.79. The molecule has 3 rings (SSSR count). The molecule has 30 heavy (non-hydrogen) atoms. The average molecular weight is 403 g/mol. The van der Waals surface area contributed by atoms with Crippen LogP contribution in [0.2, 0.25) is 0 Å². The molecule has 0 aromatic heterocycles. The van der Waals surface area contributed by atoms with Gasteiger partial charge in [0, 0.05) is 11.3 Å². The van der Waals surface area contributed by atoms with Crippen LogP contribution in [0.5, 0.6) is 5.75 Å². The zero-order valence-corrected chi connectivity index (χ0v) is 16.6. The molecule has 2 N–H and O–H groups in total. The number of phenols is 1. The summed E-state index contributed by atoms with van der Waals surface area (Å²) in [5, 5.41) is 12.0. The van der Waals surface area contributed by atoms with E-state index in [1.165, 1.54) is 13.8 Å². The summed E-state index contributed by atoms with van der Waals surface area (Å²) in [6.45, 7) is 2.95. The number of ketones is 1. The van der Waals surface area contributed by atoms with Crippen molar-refractivity contribution in [2.24, 2.45) is 0 Å². The Labute approximate surface area is 174 Å². The van der Waals surface area contributed by atoms with E-state index in [2.05, 4.69) is 5.32 Å². The molecule has 0 heterocycles. The van der Waals surface area contributed by atoms with Crippen LogP contribution < -0.4 is 5.32 Å². The Balaban J connectivity index is 1.59. The fourth-order valence-corrected chi connectivity index (χ4v) is 2.77. The molecule has 6 heteroatoms. The number of benzene rings is 3. The third-order valence-corrected chi connectivity index (χ3v) is 4.53. The molecule has 0 aliphatic carbocycles.